The number of hydrogen-bond donors (Lipinski definition) is 0. The van der Waals surface area contributed by atoms with Crippen LogP contribution in [0, 0.1) is 5.82 Å². The summed E-state index contributed by atoms with van der Waals surface area (Å²) in [6, 6.07) is 4.03. The van der Waals surface area contributed by atoms with Crippen molar-refractivity contribution in [3.8, 4) is 5.75 Å². The highest BCUT2D eigenvalue weighted by atomic mass is 35.5. The molecular weight excluding hydrogens is 402 g/mol. The van der Waals surface area contributed by atoms with Gasteiger partial charge in [0, 0.05) is 29.6 Å². The van der Waals surface area contributed by atoms with E-state index in [4.69, 9.17) is 4.74 Å². The van der Waals surface area contributed by atoms with Crippen molar-refractivity contribution in [3.05, 3.63) is 48.6 Å². The van der Waals surface area contributed by atoms with Crippen LogP contribution < -0.4 is 4.74 Å². The molecule has 0 unspecified atom stereocenters. The monoisotopic (exact) mass is 415 g/mol. The lowest BCUT2D eigenvalue weighted by Gasteiger charge is -2.12. The Morgan fingerprint density at radius 1 is 1.14 bits per heavy atom. The summed E-state index contributed by atoms with van der Waals surface area (Å²) in [5, 5.41) is 4.59. The van der Waals surface area contributed by atoms with Gasteiger partial charge in [-0.3, -0.25) is 4.68 Å². The van der Waals surface area contributed by atoms with Gasteiger partial charge in [-0.05, 0) is 12.1 Å². The van der Waals surface area contributed by atoms with Gasteiger partial charge in [-0.15, -0.1) is 12.4 Å². The minimum Gasteiger partial charge on any atom is -0.494 e. The van der Waals surface area contributed by atoms with Crippen LogP contribution in [0.15, 0.2) is 37.1 Å². The van der Waals surface area contributed by atoms with Crippen LogP contribution in [-0.4, -0.2) is 31.4 Å². The Kier molecular flexibility index (Phi) is 5.16. The van der Waals surface area contributed by atoms with Crippen LogP contribution in [0.25, 0.3) is 21.8 Å². The maximum absolute atomic E-state index is 14.2. The number of nitrogens with zero attached hydrogens (tertiary/aromatic N) is 5. The van der Waals surface area contributed by atoms with E-state index in [-0.39, 0.29) is 42.1 Å². The van der Waals surface area contributed by atoms with E-state index in [0.29, 0.717) is 10.9 Å². The second-order valence-corrected chi connectivity index (χ2v) is 5.87. The molecule has 0 fully saturated rings. The fourth-order valence-electron chi connectivity index (χ4n) is 3.19. The molecule has 4 rings (SSSR count). The molecule has 0 aliphatic carbocycles. The van der Waals surface area contributed by atoms with Crippen LogP contribution in [0.4, 0.5) is 17.6 Å². The van der Waals surface area contributed by atoms with E-state index in [0.717, 1.165) is 6.20 Å². The van der Waals surface area contributed by atoms with Gasteiger partial charge in [0.05, 0.1) is 24.7 Å². The minimum absolute atomic E-state index is 0. The lowest BCUT2D eigenvalue weighted by Crippen LogP contribution is -2.13. The van der Waals surface area contributed by atoms with Crippen molar-refractivity contribution in [2.45, 2.75) is 19.3 Å². The highest BCUT2D eigenvalue weighted by molar-refractivity contribution is 6.09. The Morgan fingerprint density at radius 2 is 1.93 bits per heavy atom. The molecule has 0 bridgehead atoms. The van der Waals surface area contributed by atoms with Gasteiger partial charge in [0.2, 0.25) is 0 Å². The summed E-state index contributed by atoms with van der Waals surface area (Å²) in [7, 11) is 1.30. The molecule has 0 aliphatic heterocycles. The molecule has 3 heterocycles. The summed E-state index contributed by atoms with van der Waals surface area (Å²) in [6.45, 7) is 0.442. The number of hydrogen-bond acceptors (Lipinski definition) is 4. The van der Waals surface area contributed by atoms with E-state index in [1.807, 2.05) is 0 Å². The van der Waals surface area contributed by atoms with Crippen molar-refractivity contribution in [3.63, 3.8) is 0 Å². The van der Waals surface area contributed by atoms with Crippen LogP contribution in [0.2, 0.25) is 0 Å². The average Bonchev–Trinajstić information content (AvgIpc) is 3.24. The second kappa shape index (κ2) is 7.27. The molecular formula is C17H14ClF4N5O. The standard InChI is InChI=1S/C17H13F4N5O.ClH/c1-27-14-7-13-11(6-12(14)18)10-2-3-23-16(17(19,20)21)15(10)26(13)5-4-25-9-22-8-24-25;/h2-3,6-9H,4-5H2,1H3;1H. The fraction of sp³-hybridized carbons (Fsp3) is 0.235. The van der Waals surface area contributed by atoms with Crippen LogP contribution in [-0.2, 0) is 19.3 Å². The van der Waals surface area contributed by atoms with Gasteiger partial charge >= 0.3 is 6.18 Å². The number of fused-ring (bicyclic) bond motifs is 3. The third-order valence-corrected chi connectivity index (χ3v) is 4.33. The smallest absolute Gasteiger partial charge is 0.435 e. The van der Waals surface area contributed by atoms with Crippen molar-refractivity contribution in [1.82, 2.24) is 24.3 Å². The van der Waals surface area contributed by atoms with Gasteiger partial charge in [0.25, 0.3) is 0 Å². The number of rotatable bonds is 4. The zero-order valence-electron chi connectivity index (χ0n) is 14.4. The van der Waals surface area contributed by atoms with E-state index >= 15 is 0 Å². The highest BCUT2D eigenvalue weighted by Crippen LogP contribution is 2.39. The summed E-state index contributed by atoms with van der Waals surface area (Å²) in [4.78, 5) is 7.36. The van der Waals surface area contributed by atoms with Gasteiger partial charge in [-0.2, -0.15) is 18.3 Å². The Morgan fingerprint density at radius 3 is 2.57 bits per heavy atom. The van der Waals surface area contributed by atoms with E-state index in [1.165, 1.54) is 47.2 Å². The van der Waals surface area contributed by atoms with Crippen molar-refractivity contribution < 1.29 is 22.3 Å². The molecule has 0 N–H and O–H groups in total. The summed E-state index contributed by atoms with van der Waals surface area (Å²) >= 11 is 0. The molecule has 4 aromatic rings. The quantitative estimate of drug-likeness (QED) is 0.471. The first-order valence-corrected chi connectivity index (χ1v) is 7.94. The Balaban J connectivity index is 0.00000225. The summed E-state index contributed by atoms with van der Waals surface area (Å²) in [6.07, 6.45) is -0.764. The van der Waals surface area contributed by atoms with Crippen molar-refractivity contribution in [1.29, 1.82) is 0 Å². The summed E-state index contributed by atoms with van der Waals surface area (Å²) < 4.78 is 62.9. The zero-order valence-corrected chi connectivity index (χ0v) is 15.3. The Bertz CT molecular complexity index is 1120. The Labute approximate surface area is 162 Å². The van der Waals surface area contributed by atoms with Crippen LogP contribution in [0.1, 0.15) is 5.69 Å². The molecule has 28 heavy (non-hydrogen) atoms. The number of ether oxygens (including phenoxy) is 1. The Hall–Kier alpha value is -2.88. The lowest BCUT2D eigenvalue weighted by molar-refractivity contribution is -0.140. The van der Waals surface area contributed by atoms with Crippen molar-refractivity contribution >= 4 is 34.2 Å². The summed E-state index contributed by atoms with van der Waals surface area (Å²) in [5.41, 5.74) is -0.705. The topological polar surface area (TPSA) is 57.8 Å². The number of aromatic nitrogens is 5. The maximum Gasteiger partial charge on any atom is 0.435 e. The first-order chi connectivity index (χ1) is 12.9. The van der Waals surface area contributed by atoms with Gasteiger partial charge in [-0.25, -0.2) is 14.4 Å². The number of methoxy groups -OCH3 is 1. The third kappa shape index (κ3) is 3.24. The van der Waals surface area contributed by atoms with E-state index in [9.17, 15) is 17.6 Å². The van der Waals surface area contributed by atoms with E-state index in [2.05, 4.69) is 15.1 Å². The maximum atomic E-state index is 14.2. The van der Waals surface area contributed by atoms with Crippen molar-refractivity contribution in [2.24, 2.45) is 0 Å². The normalized spacial score (nSPS) is 11.8. The summed E-state index contributed by atoms with van der Waals surface area (Å²) in [5.74, 6) is -0.695. The first kappa shape index (κ1) is 19.9. The number of halogens is 5. The molecule has 0 aliphatic rings. The number of benzene rings is 1. The molecule has 0 radical (unpaired) electrons. The molecule has 0 saturated carbocycles. The number of pyridine rings is 1. The van der Waals surface area contributed by atoms with Gasteiger partial charge in [0.1, 0.15) is 12.7 Å². The third-order valence-electron chi connectivity index (χ3n) is 4.33. The van der Waals surface area contributed by atoms with Crippen LogP contribution in [0.5, 0.6) is 5.75 Å². The van der Waals surface area contributed by atoms with E-state index in [1.54, 1.807) is 0 Å². The first-order valence-electron chi connectivity index (χ1n) is 7.94. The molecule has 0 spiro atoms. The molecule has 0 saturated heterocycles. The zero-order chi connectivity index (χ0) is 19.2. The molecule has 11 heteroatoms. The number of aryl methyl sites for hydroxylation is 2. The minimum atomic E-state index is -4.65. The molecule has 3 aromatic heterocycles. The largest absolute Gasteiger partial charge is 0.494 e. The molecule has 0 atom stereocenters. The van der Waals surface area contributed by atoms with Gasteiger partial charge < -0.3 is 9.30 Å². The molecule has 148 valence electrons. The fourth-order valence-corrected chi connectivity index (χ4v) is 3.19. The second-order valence-electron chi connectivity index (χ2n) is 5.87. The predicted octanol–water partition coefficient (Wildman–Crippen LogP) is 4.07. The van der Waals surface area contributed by atoms with Gasteiger partial charge in [-0.1, -0.05) is 0 Å². The molecule has 6 nitrogen and oxygen atoms in total. The molecule has 0 amide bonds. The predicted molar refractivity (Wildman–Crippen MR) is 96.0 cm³/mol. The SMILES string of the molecule is COc1cc2c(cc1F)c1ccnc(C(F)(F)F)c1n2CCn1cncn1.Cl. The lowest BCUT2D eigenvalue weighted by atomic mass is 10.1. The van der Waals surface area contributed by atoms with Crippen LogP contribution >= 0.6 is 12.4 Å². The van der Waals surface area contributed by atoms with E-state index < -0.39 is 17.7 Å². The number of alkyl halides is 3. The highest BCUT2D eigenvalue weighted by Gasteiger charge is 2.36. The van der Waals surface area contributed by atoms with Crippen molar-refractivity contribution in [2.75, 3.05) is 7.11 Å². The van der Waals surface area contributed by atoms with Gasteiger partial charge in [0.15, 0.2) is 17.3 Å². The molecule has 1 aromatic carbocycles. The average molecular weight is 416 g/mol. The van der Waals surface area contributed by atoms with Crippen LogP contribution in [0.3, 0.4) is 0 Å².